The molecule has 0 aromatic carbocycles. The summed E-state index contributed by atoms with van der Waals surface area (Å²) < 4.78 is 11.5. The van der Waals surface area contributed by atoms with Crippen LogP contribution in [0.2, 0.25) is 0 Å². The van der Waals surface area contributed by atoms with E-state index in [1.54, 1.807) is 6.08 Å². The van der Waals surface area contributed by atoms with Crippen LogP contribution in [0.1, 0.15) is 32.1 Å². The molecule has 3 aliphatic rings. The van der Waals surface area contributed by atoms with Crippen LogP contribution in [-0.4, -0.2) is 19.0 Å². The lowest BCUT2D eigenvalue weighted by molar-refractivity contribution is -0.268. The number of nitrogens with zero attached hydrogens (tertiary/aromatic N) is 2. The van der Waals surface area contributed by atoms with Crippen molar-refractivity contribution >= 4 is 0 Å². The number of hydrogen-bond donors (Lipinski definition) is 0. The number of rotatable bonds is 1. The van der Waals surface area contributed by atoms with Crippen LogP contribution in [0.4, 0.5) is 0 Å². The second-order valence-electron chi connectivity index (χ2n) is 5.61. The molecule has 1 saturated heterocycles. The summed E-state index contributed by atoms with van der Waals surface area (Å²) in [4.78, 5) is 0. The third-order valence-electron chi connectivity index (χ3n) is 4.52. The maximum absolute atomic E-state index is 9.74. The van der Waals surface area contributed by atoms with Crippen molar-refractivity contribution in [2.75, 3.05) is 13.2 Å². The summed E-state index contributed by atoms with van der Waals surface area (Å²) in [6.45, 7) is 1.06. The summed E-state index contributed by atoms with van der Waals surface area (Å²) in [5, 5.41) is 19.5. The van der Waals surface area contributed by atoms with Crippen LogP contribution < -0.4 is 0 Å². The van der Waals surface area contributed by atoms with E-state index in [1.165, 1.54) is 12.0 Å². The van der Waals surface area contributed by atoms with Crippen LogP contribution in [0.5, 0.6) is 0 Å². The maximum atomic E-state index is 9.74. The van der Waals surface area contributed by atoms with Gasteiger partial charge in [-0.2, -0.15) is 10.5 Å². The van der Waals surface area contributed by atoms with Crippen LogP contribution in [0.25, 0.3) is 0 Å². The van der Waals surface area contributed by atoms with Crippen LogP contribution in [0.15, 0.2) is 23.8 Å². The predicted octanol–water partition coefficient (Wildman–Crippen LogP) is 2.84. The molecule has 0 saturated carbocycles. The zero-order valence-electron chi connectivity index (χ0n) is 11.5. The van der Waals surface area contributed by atoms with Gasteiger partial charge in [-0.3, -0.25) is 0 Å². The molecule has 20 heavy (non-hydrogen) atoms. The minimum absolute atomic E-state index is 0.212. The summed E-state index contributed by atoms with van der Waals surface area (Å²) in [5.41, 5.74) is -0.110. The molecule has 0 aromatic heterocycles. The zero-order valence-corrected chi connectivity index (χ0v) is 11.5. The fourth-order valence-electron chi connectivity index (χ4n) is 3.45. The molecule has 0 bridgehead atoms. The first kappa shape index (κ1) is 13.4. The van der Waals surface area contributed by atoms with E-state index in [1.807, 2.05) is 6.08 Å². The van der Waals surface area contributed by atoms with Crippen molar-refractivity contribution in [2.24, 2.45) is 11.3 Å². The third kappa shape index (κ3) is 1.73. The predicted molar refractivity (Wildman–Crippen MR) is 72.1 cm³/mol. The summed E-state index contributed by atoms with van der Waals surface area (Å²) in [6.07, 6.45) is 11.0. The minimum atomic E-state index is -1.30. The largest absolute Gasteiger partial charge is 0.344 e. The molecule has 4 nitrogen and oxygen atoms in total. The average molecular weight is 270 g/mol. The van der Waals surface area contributed by atoms with Gasteiger partial charge < -0.3 is 9.47 Å². The Hall–Kier alpha value is -1.62. The van der Waals surface area contributed by atoms with Crippen molar-refractivity contribution in [3.8, 4) is 12.1 Å². The highest BCUT2D eigenvalue weighted by molar-refractivity contribution is 5.41. The molecule has 3 rings (SSSR count). The molecule has 0 N–H and O–H groups in total. The van der Waals surface area contributed by atoms with Crippen molar-refractivity contribution in [1.82, 2.24) is 0 Å². The molecule has 2 aliphatic carbocycles. The minimum Gasteiger partial charge on any atom is -0.344 e. The molecule has 1 atom stereocenters. The standard InChI is InChI=1S/C16H18N2O2/c17-11-15(12-18)14(13-5-2-1-3-6-13)7-8-16(15)19-9-4-10-20-16/h5,7-8,14H,1-4,6,9-10H2/t14-/m0/s1. The highest BCUT2D eigenvalue weighted by Crippen LogP contribution is 2.53. The molecule has 1 heterocycles. The van der Waals surface area contributed by atoms with Gasteiger partial charge in [0.25, 0.3) is 0 Å². The van der Waals surface area contributed by atoms with E-state index in [0.717, 1.165) is 25.7 Å². The first-order chi connectivity index (χ1) is 9.78. The summed E-state index contributed by atoms with van der Waals surface area (Å²) in [5.74, 6) is -1.39. The van der Waals surface area contributed by atoms with Gasteiger partial charge in [0.1, 0.15) is 0 Å². The molecule has 104 valence electrons. The van der Waals surface area contributed by atoms with Gasteiger partial charge in [-0.15, -0.1) is 0 Å². The molecule has 0 radical (unpaired) electrons. The van der Waals surface area contributed by atoms with Crippen LogP contribution in [0.3, 0.4) is 0 Å². The Bertz CT molecular complexity index is 516. The lowest BCUT2D eigenvalue weighted by atomic mass is 9.70. The van der Waals surface area contributed by atoms with E-state index in [9.17, 15) is 10.5 Å². The topological polar surface area (TPSA) is 66.0 Å². The summed E-state index contributed by atoms with van der Waals surface area (Å²) in [6, 6.07) is 4.44. The van der Waals surface area contributed by atoms with E-state index >= 15 is 0 Å². The Morgan fingerprint density at radius 3 is 2.45 bits per heavy atom. The van der Waals surface area contributed by atoms with E-state index in [2.05, 4.69) is 18.2 Å². The van der Waals surface area contributed by atoms with Gasteiger partial charge >= 0.3 is 0 Å². The van der Waals surface area contributed by atoms with Gasteiger partial charge in [-0.05, 0) is 38.2 Å². The van der Waals surface area contributed by atoms with Gasteiger partial charge in [0.15, 0.2) is 0 Å². The number of nitriles is 2. The fourth-order valence-corrected chi connectivity index (χ4v) is 3.45. The number of ether oxygens (including phenoxy) is 2. The number of hydrogen-bond acceptors (Lipinski definition) is 4. The molecular formula is C16H18N2O2. The number of allylic oxidation sites excluding steroid dienone is 3. The molecule has 0 aromatic rings. The third-order valence-corrected chi connectivity index (χ3v) is 4.52. The zero-order chi connectivity index (χ0) is 14.1. The Balaban J connectivity index is 2.01. The van der Waals surface area contributed by atoms with Crippen molar-refractivity contribution in [2.45, 2.75) is 37.9 Å². The van der Waals surface area contributed by atoms with Gasteiger partial charge in [-0.1, -0.05) is 17.7 Å². The lowest BCUT2D eigenvalue weighted by Gasteiger charge is -2.41. The Kier molecular flexibility index (Phi) is 3.38. The van der Waals surface area contributed by atoms with E-state index < -0.39 is 11.2 Å². The quantitative estimate of drug-likeness (QED) is 0.687. The normalized spacial score (nSPS) is 30.5. The average Bonchev–Trinajstić information content (AvgIpc) is 2.83. The van der Waals surface area contributed by atoms with Crippen molar-refractivity contribution in [1.29, 1.82) is 10.5 Å². The van der Waals surface area contributed by atoms with Crippen molar-refractivity contribution in [3.63, 3.8) is 0 Å². The molecule has 1 spiro atoms. The Morgan fingerprint density at radius 2 is 1.85 bits per heavy atom. The van der Waals surface area contributed by atoms with E-state index in [0.29, 0.717) is 13.2 Å². The van der Waals surface area contributed by atoms with Crippen LogP contribution in [0, 0.1) is 34.0 Å². The van der Waals surface area contributed by atoms with Gasteiger partial charge in [-0.25, -0.2) is 0 Å². The van der Waals surface area contributed by atoms with Crippen molar-refractivity contribution in [3.05, 3.63) is 23.8 Å². The monoisotopic (exact) mass is 270 g/mol. The molecular weight excluding hydrogens is 252 g/mol. The van der Waals surface area contributed by atoms with Gasteiger partial charge in [0.2, 0.25) is 11.2 Å². The van der Waals surface area contributed by atoms with Crippen LogP contribution in [-0.2, 0) is 9.47 Å². The molecule has 0 unspecified atom stereocenters. The van der Waals surface area contributed by atoms with Gasteiger partial charge in [0.05, 0.1) is 25.4 Å². The lowest BCUT2D eigenvalue weighted by Crippen LogP contribution is -2.52. The smallest absolute Gasteiger partial charge is 0.221 e. The van der Waals surface area contributed by atoms with Crippen LogP contribution >= 0.6 is 0 Å². The fraction of sp³-hybridized carbons (Fsp3) is 0.625. The maximum Gasteiger partial charge on any atom is 0.221 e. The molecule has 1 aliphatic heterocycles. The SMILES string of the molecule is N#CC1(C#N)[C@H](C2=CCCCC2)C=CC12OCCCO2. The first-order valence-corrected chi connectivity index (χ1v) is 7.27. The summed E-state index contributed by atoms with van der Waals surface area (Å²) in [7, 11) is 0. The second-order valence-corrected chi connectivity index (χ2v) is 5.61. The van der Waals surface area contributed by atoms with Crippen molar-refractivity contribution < 1.29 is 9.47 Å². The summed E-state index contributed by atoms with van der Waals surface area (Å²) >= 11 is 0. The Morgan fingerprint density at radius 1 is 1.10 bits per heavy atom. The van der Waals surface area contributed by atoms with E-state index in [-0.39, 0.29) is 5.92 Å². The Labute approximate surface area is 119 Å². The van der Waals surface area contributed by atoms with E-state index in [4.69, 9.17) is 9.47 Å². The first-order valence-electron chi connectivity index (χ1n) is 7.27. The molecule has 4 heteroatoms. The molecule has 1 fully saturated rings. The highest BCUT2D eigenvalue weighted by atomic mass is 16.7. The second kappa shape index (κ2) is 5.05. The van der Waals surface area contributed by atoms with Gasteiger partial charge in [0, 0.05) is 5.92 Å². The highest BCUT2D eigenvalue weighted by Gasteiger charge is 2.63. The molecule has 0 amide bonds.